The topological polar surface area (TPSA) is 64.7 Å². The molecule has 0 aliphatic carbocycles. The van der Waals surface area contributed by atoms with Crippen molar-refractivity contribution in [2.45, 2.75) is 9.92 Å². The van der Waals surface area contributed by atoms with Crippen LogP contribution in [0.4, 0.5) is 5.69 Å². The summed E-state index contributed by atoms with van der Waals surface area (Å²) >= 11 is 3.11. The first kappa shape index (κ1) is 10.5. The number of hydrogen-bond acceptors (Lipinski definition) is 6. The van der Waals surface area contributed by atoms with Crippen molar-refractivity contribution in [1.82, 2.24) is 15.0 Å². The number of thiazole rings is 1. The molecule has 0 atom stereocenters. The van der Waals surface area contributed by atoms with Crippen LogP contribution in [0.1, 0.15) is 0 Å². The standard InChI is InChI=1S/C11H8N4S2/c12-10-7(17-9-3-4-13-5-14-9)1-2-8-11(10)15-6-16-8/h1-6H,12H2. The molecule has 0 aliphatic heterocycles. The summed E-state index contributed by atoms with van der Waals surface area (Å²) in [7, 11) is 0. The Morgan fingerprint density at radius 3 is 2.94 bits per heavy atom. The second kappa shape index (κ2) is 4.31. The maximum atomic E-state index is 6.09. The van der Waals surface area contributed by atoms with Gasteiger partial charge in [0, 0.05) is 11.1 Å². The molecule has 0 amide bonds. The van der Waals surface area contributed by atoms with E-state index in [1.165, 1.54) is 18.1 Å². The van der Waals surface area contributed by atoms with Crippen LogP contribution in [-0.4, -0.2) is 15.0 Å². The molecule has 0 fully saturated rings. The molecule has 0 spiro atoms. The number of anilines is 1. The van der Waals surface area contributed by atoms with Crippen LogP contribution in [0.3, 0.4) is 0 Å². The molecule has 0 aliphatic rings. The molecule has 3 rings (SSSR count). The third-order valence-corrected chi connectivity index (χ3v) is 4.09. The van der Waals surface area contributed by atoms with Gasteiger partial charge in [0.25, 0.3) is 0 Å². The number of nitrogen functional groups attached to an aromatic ring is 1. The molecule has 0 unspecified atom stereocenters. The van der Waals surface area contributed by atoms with E-state index in [1.807, 2.05) is 18.2 Å². The van der Waals surface area contributed by atoms with Crippen LogP contribution in [-0.2, 0) is 0 Å². The van der Waals surface area contributed by atoms with Crippen LogP contribution in [0.25, 0.3) is 10.2 Å². The fraction of sp³-hybridized carbons (Fsp3) is 0. The Labute approximate surface area is 106 Å². The number of nitrogens with zero attached hydrogens (tertiary/aromatic N) is 3. The van der Waals surface area contributed by atoms with E-state index in [0.717, 1.165) is 20.1 Å². The Kier molecular flexibility index (Phi) is 2.66. The van der Waals surface area contributed by atoms with Crippen LogP contribution in [0.2, 0.25) is 0 Å². The van der Waals surface area contributed by atoms with Crippen LogP contribution in [0.15, 0.2) is 46.2 Å². The number of aromatic nitrogens is 3. The second-order valence-electron chi connectivity index (χ2n) is 3.33. The Balaban J connectivity index is 2.03. The molecule has 17 heavy (non-hydrogen) atoms. The van der Waals surface area contributed by atoms with E-state index in [0.29, 0.717) is 5.69 Å². The SMILES string of the molecule is Nc1c(Sc2ccncn2)ccc2scnc12. The first-order chi connectivity index (χ1) is 8.34. The quantitative estimate of drug-likeness (QED) is 0.567. The minimum Gasteiger partial charge on any atom is -0.396 e. The van der Waals surface area contributed by atoms with Crippen molar-refractivity contribution in [3.05, 3.63) is 36.2 Å². The van der Waals surface area contributed by atoms with Gasteiger partial charge in [0.1, 0.15) is 16.9 Å². The van der Waals surface area contributed by atoms with Gasteiger partial charge in [-0.1, -0.05) is 11.8 Å². The summed E-state index contributed by atoms with van der Waals surface area (Å²) in [6, 6.07) is 5.89. The van der Waals surface area contributed by atoms with Crippen LogP contribution < -0.4 is 5.73 Å². The number of benzene rings is 1. The molecule has 4 nitrogen and oxygen atoms in total. The molecule has 0 saturated carbocycles. The molecular formula is C11H8N4S2. The lowest BCUT2D eigenvalue weighted by Crippen LogP contribution is -1.90. The third-order valence-electron chi connectivity index (χ3n) is 2.27. The van der Waals surface area contributed by atoms with Gasteiger partial charge in [-0.15, -0.1) is 11.3 Å². The van der Waals surface area contributed by atoms with Gasteiger partial charge in [0.2, 0.25) is 0 Å². The van der Waals surface area contributed by atoms with Crippen molar-refractivity contribution in [2.24, 2.45) is 0 Å². The first-order valence-corrected chi connectivity index (χ1v) is 6.60. The Hall–Kier alpha value is -1.66. The summed E-state index contributed by atoms with van der Waals surface area (Å²) in [5, 5.41) is 0.876. The molecule has 0 radical (unpaired) electrons. The van der Waals surface area contributed by atoms with Crippen LogP contribution in [0, 0.1) is 0 Å². The van der Waals surface area contributed by atoms with E-state index >= 15 is 0 Å². The van der Waals surface area contributed by atoms with Crippen molar-refractivity contribution in [2.75, 3.05) is 5.73 Å². The Morgan fingerprint density at radius 1 is 1.18 bits per heavy atom. The zero-order valence-electron chi connectivity index (χ0n) is 8.70. The molecule has 2 N–H and O–H groups in total. The number of rotatable bonds is 2. The predicted molar refractivity (Wildman–Crippen MR) is 70.2 cm³/mol. The molecule has 6 heteroatoms. The lowest BCUT2D eigenvalue weighted by Gasteiger charge is -2.04. The van der Waals surface area contributed by atoms with Gasteiger partial charge in [-0.2, -0.15) is 0 Å². The molecule has 2 aromatic heterocycles. The minimum absolute atomic E-state index is 0.715. The van der Waals surface area contributed by atoms with E-state index in [2.05, 4.69) is 15.0 Å². The zero-order valence-corrected chi connectivity index (χ0v) is 10.3. The summed E-state index contributed by atoms with van der Waals surface area (Å²) in [6.07, 6.45) is 3.24. The average Bonchev–Trinajstić information content (AvgIpc) is 2.83. The van der Waals surface area contributed by atoms with Gasteiger partial charge in [0.15, 0.2) is 0 Å². The lowest BCUT2D eigenvalue weighted by atomic mass is 10.3. The predicted octanol–water partition coefficient (Wildman–Crippen LogP) is 2.82. The van der Waals surface area contributed by atoms with Crippen molar-refractivity contribution >= 4 is 39.0 Å². The monoisotopic (exact) mass is 260 g/mol. The summed E-state index contributed by atoms with van der Waals surface area (Å²) in [4.78, 5) is 13.3. The largest absolute Gasteiger partial charge is 0.396 e. The summed E-state index contributed by atoms with van der Waals surface area (Å²) in [5.74, 6) is 0. The van der Waals surface area contributed by atoms with E-state index in [9.17, 15) is 0 Å². The average molecular weight is 260 g/mol. The van der Waals surface area contributed by atoms with E-state index in [1.54, 1.807) is 23.0 Å². The van der Waals surface area contributed by atoms with Crippen LogP contribution in [0.5, 0.6) is 0 Å². The first-order valence-electron chi connectivity index (χ1n) is 4.90. The zero-order chi connectivity index (χ0) is 11.7. The summed E-state index contributed by atoms with van der Waals surface area (Å²) < 4.78 is 1.11. The van der Waals surface area contributed by atoms with E-state index in [-0.39, 0.29) is 0 Å². The Bertz CT molecular complexity index is 651. The van der Waals surface area contributed by atoms with Crippen molar-refractivity contribution < 1.29 is 0 Å². The molecule has 2 heterocycles. The highest BCUT2D eigenvalue weighted by molar-refractivity contribution is 7.99. The normalized spacial score (nSPS) is 10.8. The lowest BCUT2D eigenvalue weighted by molar-refractivity contribution is 1.05. The van der Waals surface area contributed by atoms with Crippen molar-refractivity contribution in [3.8, 4) is 0 Å². The highest BCUT2D eigenvalue weighted by Crippen LogP contribution is 2.35. The van der Waals surface area contributed by atoms with Crippen molar-refractivity contribution in [1.29, 1.82) is 0 Å². The van der Waals surface area contributed by atoms with Crippen LogP contribution >= 0.6 is 23.1 Å². The molecule has 0 saturated heterocycles. The van der Waals surface area contributed by atoms with Crippen molar-refractivity contribution in [3.63, 3.8) is 0 Å². The summed E-state index contributed by atoms with van der Waals surface area (Å²) in [6.45, 7) is 0. The number of hydrogen-bond donors (Lipinski definition) is 1. The molecule has 0 bridgehead atoms. The second-order valence-corrected chi connectivity index (χ2v) is 5.27. The third kappa shape index (κ3) is 1.96. The highest BCUT2D eigenvalue weighted by atomic mass is 32.2. The van der Waals surface area contributed by atoms with Gasteiger partial charge < -0.3 is 5.73 Å². The number of fused-ring (bicyclic) bond motifs is 1. The van der Waals surface area contributed by atoms with Gasteiger partial charge >= 0.3 is 0 Å². The van der Waals surface area contributed by atoms with E-state index < -0.39 is 0 Å². The highest BCUT2D eigenvalue weighted by Gasteiger charge is 2.08. The fourth-order valence-electron chi connectivity index (χ4n) is 1.47. The Morgan fingerprint density at radius 2 is 2.12 bits per heavy atom. The minimum atomic E-state index is 0.715. The molecule has 84 valence electrons. The van der Waals surface area contributed by atoms with Gasteiger partial charge in [-0.3, -0.25) is 0 Å². The smallest absolute Gasteiger partial charge is 0.116 e. The van der Waals surface area contributed by atoms with Gasteiger partial charge in [-0.25, -0.2) is 15.0 Å². The summed E-state index contributed by atoms with van der Waals surface area (Å²) in [5.41, 5.74) is 9.48. The maximum Gasteiger partial charge on any atom is 0.116 e. The maximum absolute atomic E-state index is 6.09. The molecular weight excluding hydrogens is 252 g/mol. The van der Waals surface area contributed by atoms with Gasteiger partial charge in [-0.05, 0) is 18.2 Å². The molecule has 1 aromatic carbocycles. The number of nitrogens with two attached hydrogens (primary N) is 1. The fourth-order valence-corrected chi connectivity index (χ4v) is 2.96. The van der Waals surface area contributed by atoms with Gasteiger partial charge in [0.05, 0.1) is 15.9 Å². The molecule has 3 aromatic rings. The van der Waals surface area contributed by atoms with E-state index in [4.69, 9.17) is 5.73 Å².